The highest BCUT2D eigenvalue weighted by molar-refractivity contribution is 5.26. The summed E-state index contributed by atoms with van der Waals surface area (Å²) in [7, 11) is 0. The standard InChI is InChI=1S/C7H10N8/c1-4(15-3-10-2-11-15)5-12-6(8)14-7(9)13-5/h2-4H,1H3,(H4,8,9,12,13,14). The lowest BCUT2D eigenvalue weighted by Crippen LogP contribution is -2.14. The molecule has 8 heteroatoms. The van der Waals surface area contributed by atoms with E-state index in [9.17, 15) is 0 Å². The first-order valence-electron chi connectivity index (χ1n) is 4.28. The number of hydrogen-bond donors (Lipinski definition) is 2. The Morgan fingerprint density at radius 2 is 1.87 bits per heavy atom. The number of aromatic nitrogens is 6. The molecule has 4 N–H and O–H groups in total. The second-order valence-electron chi connectivity index (χ2n) is 2.96. The molecular formula is C7H10N8. The van der Waals surface area contributed by atoms with Gasteiger partial charge in [0, 0.05) is 0 Å². The number of nitrogens with zero attached hydrogens (tertiary/aromatic N) is 6. The minimum atomic E-state index is -0.180. The van der Waals surface area contributed by atoms with Crippen molar-refractivity contribution < 1.29 is 0 Å². The van der Waals surface area contributed by atoms with Crippen molar-refractivity contribution in [2.24, 2.45) is 0 Å². The van der Waals surface area contributed by atoms with Crippen LogP contribution in [0.4, 0.5) is 11.9 Å². The van der Waals surface area contributed by atoms with E-state index < -0.39 is 0 Å². The third-order valence-corrected chi connectivity index (χ3v) is 1.89. The van der Waals surface area contributed by atoms with E-state index in [1.165, 1.54) is 6.33 Å². The molecule has 0 amide bonds. The van der Waals surface area contributed by atoms with Crippen LogP contribution in [0, 0.1) is 0 Å². The van der Waals surface area contributed by atoms with Gasteiger partial charge in [-0.2, -0.15) is 20.1 Å². The van der Waals surface area contributed by atoms with E-state index in [4.69, 9.17) is 11.5 Å². The SMILES string of the molecule is CC(c1nc(N)nc(N)n1)n1cncn1. The highest BCUT2D eigenvalue weighted by atomic mass is 15.3. The zero-order valence-electron chi connectivity index (χ0n) is 8.07. The van der Waals surface area contributed by atoms with E-state index in [0.717, 1.165) is 0 Å². The average Bonchev–Trinajstić information content (AvgIpc) is 2.67. The van der Waals surface area contributed by atoms with Crippen LogP contribution in [0.3, 0.4) is 0 Å². The van der Waals surface area contributed by atoms with Crippen molar-refractivity contribution in [1.29, 1.82) is 0 Å². The van der Waals surface area contributed by atoms with E-state index in [1.807, 2.05) is 6.92 Å². The predicted octanol–water partition coefficient (Wildman–Crippen LogP) is -0.763. The van der Waals surface area contributed by atoms with Gasteiger partial charge in [0.25, 0.3) is 0 Å². The van der Waals surface area contributed by atoms with Crippen LogP contribution in [0.15, 0.2) is 12.7 Å². The zero-order chi connectivity index (χ0) is 10.8. The first-order valence-corrected chi connectivity index (χ1v) is 4.28. The third kappa shape index (κ3) is 1.82. The van der Waals surface area contributed by atoms with Gasteiger partial charge >= 0.3 is 0 Å². The first-order chi connectivity index (χ1) is 7.16. The Hall–Kier alpha value is -2.25. The molecule has 0 aliphatic carbocycles. The lowest BCUT2D eigenvalue weighted by Gasteiger charge is -2.09. The minimum Gasteiger partial charge on any atom is -0.368 e. The van der Waals surface area contributed by atoms with Gasteiger partial charge in [-0.25, -0.2) is 9.67 Å². The van der Waals surface area contributed by atoms with Crippen LogP contribution in [0.2, 0.25) is 0 Å². The molecule has 1 unspecified atom stereocenters. The molecule has 0 aliphatic heterocycles. The van der Waals surface area contributed by atoms with Crippen LogP contribution in [0.25, 0.3) is 0 Å². The number of rotatable bonds is 2. The predicted molar refractivity (Wildman–Crippen MR) is 52.5 cm³/mol. The van der Waals surface area contributed by atoms with Crippen molar-refractivity contribution in [2.45, 2.75) is 13.0 Å². The number of nitrogens with two attached hydrogens (primary N) is 2. The van der Waals surface area contributed by atoms with Crippen LogP contribution >= 0.6 is 0 Å². The summed E-state index contributed by atoms with van der Waals surface area (Å²) in [5.41, 5.74) is 10.9. The summed E-state index contributed by atoms with van der Waals surface area (Å²) < 4.78 is 1.61. The van der Waals surface area contributed by atoms with Gasteiger partial charge in [0.05, 0.1) is 0 Å². The smallest absolute Gasteiger partial charge is 0.225 e. The van der Waals surface area contributed by atoms with Crippen LogP contribution in [-0.2, 0) is 0 Å². The summed E-state index contributed by atoms with van der Waals surface area (Å²) in [6.07, 6.45) is 3.01. The molecule has 0 saturated carbocycles. The van der Waals surface area contributed by atoms with Gasteiger partial charge in [-0.15, -0.1) is 0 Å². The normalized spacial score (nSPS) is 12.6. The molecule has 0 fully saturated rings. The molecule has 15 heavy (non-hydrogen) atoms. The van der Waals surface area contributed by atoms with E-state index in [1.54, 1.807) is 11.0 Å². The van der Waals surface area contributed by atoms with Crippen molar-refractivity contribution in [3.63, 3.8) is 0 Å². The molecule has 2 heterocycles. The quantitative estimate of drug-likeness (QED) is 0.661. The molecule has 0 radical (unpaired) electrons. The molecule has 1 atom stereocenters. The van der Waals surface area contributed by atoms with Gasteiger partial charge in [0.2, 0.25) is 11.9 Å². The van der Waals surface area contributed by atoms with Gasteiger partial charge in [0.1, 0.15) is 18.7 Å². The molecule has 0 saturated heterocycles. The molecular weight excluding hydrogens is 196 g/mol. The Morgan fingerprint density at radius 1 is 1.20 bits per heavy atom. The molecule has 78 valence electrons. The molecule has 0 aliphatic rings. The summed E-state index contributed by atoms with van der Waals surface area (Å²) in [5.74, 6) is 0.666. The van der Waals surface area contributed by atoms with Crippen molar-refractivity contribution in [3.05, 3.63) is 18.5 Å². The topological polar surface area (TPSA) is 121 Å². The van der Waals surface area contributed by atoms with Gasteiger partial charge in [-0.05, 0) is 6.92 Å². The molecule has 8 nitrogen and oxygen atoms in total. The van der Waals surface area contributed by atoms with E-state index in [0.29, 0.717) is 5.82 Å². The van der Waals surface area contributed by atoms with E-state index in [-0.39, 0.29) is 17.9 Å². The Balaban J connectivity index is 2.37. The van der Waals surface area contributed by atoms with Gasteiger partial charge in [-0.1, -0.05) is 0 Å². The lowest BCUT2D eigenvalue weighted by atomic mass is 10.3. The summed E-state index contributed by atoms with van der Waals surface area (Å²) >= 11 is 0. The molecule has 2 aromatic heterocycles. The average molecular weight is 206 g/mol. The van der Waals surface area contributed by atoms with Crippen molar-refractivity contribution in [3.8, 4) is 0 Å². The largest absolute Gasteiger partial charge is 0.368 e. The second kappa shape index (κ2) is 3.48. The number of hydrogen-bond acceptors (Lipinski definition) is 7. The zero-order valence-corrected chi connectivity index (χ0v) is 8.07. The van der Waals surface area contributed by atoms with Crippen LogP contribution < -0.4 is 11.5 Å². The van der Waals surface area contributed by atoms with Crippen LogP contribution in [-0.4, -0.2) is 29.7 Å². The van der Waals surface area contributed by atoms with Gasteiger partial charge in [0.15, 0.2) is 5.82 Å². The number of nitrogen functional groups attached to an aromatic ring is 2. The first kappa shape index (κ1) is 9.31. The number of anilines is 2. The fourth-order valence-electron chi connectivity index (χ4n) is 1.15. The Labute approximate surface area is 85.4 Å². The maximum Gasteiger partial charge on any atom is 0.225 e. The van der Waals surface area contributed by atoms with Crippen molar-refractivity contribution in [2.75, 3.05) is 11.5 Å². The highest BCUT2D eigenvalue weighted by Gasteiger charge is 2.13. The fourth-order valence-corrected chi connectivity index (χ4v) is 1.15. The maximum absolute atomic E-state index is 5.46. The molecule has 2 aromatic rings. The van der Waals surface area contributed by atoms with Gasteiger partial charge < -0.3 is 11.5 Å². The van der Waals surface area contributed by atoms with Gasteiger partial charge in [-0.3, -0.25) is 0 Å². The fraction of sp³-hybridized carbons (Fsp3) is 0.286. The van der Waals surface area contributed by atoms with Crippen LogP contribution in [0.5, 0.6) is 0 Å². The van der Waals surface area contributed by atoms with E-state index >= 15 is 0 Å². The summed E-state index contributed by atoms with van der Waals surface area (Å²) in [4.78, 5) is 15.5. The summed E-state index contributed by atoms with van der Waals surface area (Å²) in [5, 5.41) is 3.98. The van der Waals surface area contributed by atoms with Crippen LogP contribution in [0.1, 0.15) is 18.8 Å². The summed E-state index contributed by atoms with van der Waals surface area (Å²) in [6.45, 7) is 1.86. The third-order valence-electron chi connectivity index (χ3n) is 1.89. The lowest BCUT2D eigenvalue weighted by molar-refractivity contribution is 0.534. The van der Waals surface area contributed by atoms with Crippen molar-refractivity contribution >= 4 is 11.9 Å². The second-order valence-corrected chi connectivity index (χ2v) is 2.96. The molecule has 2 rings (SSSR count). The highest BCUT2D eigenvalue weighted by Crippen LogP contribution is 2.12. The Kier molecular flexibility index (Phi) is 2.16. The summed E-state index contributed by atoms with van der Waals surface area (Å²) in [6, 6.07) is -0.180. The Bertz CT molecular complexity index is 430. The Morgan fingerprint density at radius 3 is 2.40 bits per heavy atom. The minimum absolute atomic E-state index is 0.101. The molecule has 0 bridgehead atoms. The monoisotopic (exact) mass is 206 g/mol. The molecule has 0 aromatic carbocycles. The molecule has 0 spiro atoms. The van der Waals surface area contributed by atoms with E-state index in [2.05, 4.69) is 25.0 Å². The van der Waals surface area contributed by atoms with Crippen molar-refractivity contribution in [1.82, 2.24) is 29.7 Å². The maximum atomic E-state index is 5.46.